The van der Waals surface area contributed by atoms with E-state index in [-0.39, 0.29) is 59.9 Å². The number of rotatable bonds is 0. The summed E-state index contributed by atoms with van der Waals surface area (Å²) in [5, 5.41) is 7.57. The molecular weight excluding hydrogens is 220 g/mol. The van der Waals surface area contributed by atoms with Crippen molar-refractivity contribution in [2.75, 3.05) is 6.61 Å². The minimum absolute atomic E-state index is 0. The fraction of sp³-hybridized carbons (Fsp3) is 1.00. The van der Waals surface area contributed by atoms with Crippen LogP contribution in [0.25, 0.3) is 0 Å². The Hall–Kier alpha value is 1.60. The van der Waals surface area contributed by atoms with Gasteiger partial charge in [-0.15, -0.1) is 12.4 Å². The monoisotopic (exact) mass is 224 g/mol. The number of hydrogen-bond donors (Lipinski definition) is 1. The predicted molar refractivity (Wildman–Crippen MR) is 20.0 cm³/mol. The largest absolute Gasteiger partial charge is 0.397 e. The molecule has 3 heteroatoms. The van der Waals surface area contributed by atoms with Gasteiger partial charge in [0.25, 0.3) is 0 Å². The predicted octanol–water partition coefficient (Wildman–Crippen LogP) is 0.420. The van der Waals surface area contributed by atoms with Crippen molar-refractivity contribution in [3.63, 3.8) is 0 Å². The molecule has 0 aromatic heterocycles. The van der Waals surface area contributed by atoms with Gasteiger partial charge in [0.15, 0.2) is 0 Å². The Morgan fingerprint density at radius 2 is 1.60 bits per heavy atom. The molecule has 0 amide bonds. The third kappa shape index (κ3) is 28.3. The van der Waals surface area contributed by atoms with Gasteiger partial charge in [-0.3, -0.25) is 0 Å². The van der Waals surface area contributed by atoms with Crippen LogP contribution >= 0.6 is 12.4 Å². The van der Waals surface area contributed by atoms with Gasteiger partial charge in [0.1, 0.15) is 0 Å². The molecule has 32 valence electrons. The van der Waals surface area contributed by atoms with E-state index in [4.69, 9.17) is 5.11 Å². The second kappa shape index (κ2) is 17.5. The van der Waals surface area contributed by atoms with Crippen LogP contribution in [0.4, 0.5) is 0 Å². The van der Waals surface area contributed by atoms with Crippen LogP contribution in [0.1, 0.15) is 6.92 Å². The van der Waals surface area contributed by atoms with E-state index in [1.165, 1.54) is 0 Å². The summed E-state index contributed by atoms with van der Waals surface area (Å²) in [4.78, 5) is 0. The van der Waals surface area contributed by atoms with Gasteiger partial charge in [-0.2, -0.15) is 0 Å². The van der Waals surface area contributed by atoms with E-state index in [2.05, 4.69) is 0 Å². The average Bonchev–Trinajstić information content (AvgIpc) is 0.918. The van der Waals surface area contributed by atoms with Crippen LogP contribution in [0.2, 0.25) is 0 Å². The molecule has 0 aliphatic heterocycles. The van der Waals surface area contributed by atoms with Gasteiger partial charge in [-0.1, -0.05) is 0 Å². The first-order valence-electron chi connectivity index (χ1n) is 1.02. The Morgan fingerprint density at radius 3 is 1.60 bits per heavy atom. The fourth-order valence-corrected chi connectivity index (χ4v) is 0. The molecular formula is C2H7ClNdO. The molecule has 0 bridgehead atoms. The first-order valence-corrected chi connectivity index (χ1v) is 1.02. The van der Waals surface area contributed by atoms with Crippen LogP contribution in [0.15, 0.2) is 0 Å². The molecule has 0 saturated carbocycles. The van der Waals surface area contributed by atoms with Gasteiger partial charge < -0.3 is 5.11 Å². The van der Waals surface area contributed by atoms with Gasteiger partial charge in [0, 0.05) is 47.4 Å². The second-order valence-corrected chi connectivity index (χ2v) is 0.316. The van der Waals surface area contributed by atoms with Crippen molar-refractivity contribution in [2.45, 2.75) is 6.92 Å². The second-order valence-electron chi connectivity index (χ2n) is 0.316. The van der Waals surface area contributed by atoms with Crippen molar-refractivity contribution >= 4 is 12.4 Å². The van der Waals surface area contributed by atoms with Gasteiger partial charge in [0.05, 0.1) is 0 Å². The average molecular weight is 227 g/mol. The minimum Gasteiger partial charge on any atom is -0.397 e. The standard InChI is InChI=1S/C2H6O.ClH.Nd/c1-2-3;;/h3H,2H2,1H3;1H;. The zero-order valence-electron chi connectivity index (χ0n) is 3.06. The van der Waals surface area contributed by atoms with Gasteiger partial charge in [-0.25, -0.2) is 0 Å². The Kier molecular flexibility index (Phi) is 56.0. The summed E-state index contributed by atoms with van der Waals surface area (Å²) in [7, 11) is 0. The molecule has 0 rings (SSSR count). The van der Waals surface area contributed by atoms with E-state index in [9.17, 15) is 0 Å². The van der Waals surface area contributed by atoms with E-state index >= 15 is 0 Å². The van der Waals surface area contributed by atoms with Crippen LogP contribution in [0.5, 0.6) is 0 Å². The third-order valence-electron chi connectivity index (χ3n) is 0. The molecule has 0 unspecified atom stereocenters. The molecule has 0 aliphatic carbocycles. The SMILES string of the molecule is CCO.Cl.[Nd]. The number of aliphatic hydroxyl groups is 1. The molecule has 0 saturated heterocycles. The maximum absolute atomic E-state index is 7.57. The van der Waals surface area contributed by atoms with E-state index < -0.39 is 0 Å². The molecule has 0 atom stereocenters. The Bertz CT molecular complexity index is 9.61. The number of aliphatic hydroxyl groups excluding tert-OH is 1. The van der Waals surface area contributed by atoms with Crippen molar-refractivity contribution in [3.05, 3.63) is 0 Å². The first kappa shape index (κ1) is 16.0. The molecule has 0 fully saturated rings. The zero-order valence-corrected chi connectivity index (χ0v) is 7.09. The Morgan fingerprint density at radius 1 is 1.60 bits per heavy atom. The van der Waals surface area contributed by atoms with Crippen LogP contribution in [-0.4, -0.2) is 11.7 Å². The normalized spacial score (nSPS) is 3.60. The molecule has 5 heavy (non-hydrogen) atoms. The molecule has 0 spiro atoms. The molecule has 0 heterocycles. The molecule has 0 aliphatic rings. The molecule has 0 aromatic rings. The molecule has 1 N–H and O–H groups in total. The third-order valence-corrected chi connectivity index (χ3v) is 0. The first-order chi connectivity index (χ1) is 1.41. The Labute approximate surface area is 71.1 Å². The van der Waals surface area contributed by atoms with Crippen LogP contribution in [0, 0.1) is 40.8 Å². The molecule has 0 aromatic carbocycles. The van der Waals surface area contributed by atoms with E-state index in [1.807, 2.05) is 0 Å². The summed E-state index contributed by atoms with van der Waals surface area (Å²) in [5.74, 6) is 0. The van der Waals surface area contributed by atoms with E-state index in [1.54, 1.807) is 6.92 Å². The summed E-state index contributed by atoms with van der Waals surface area (Å²) >= 11 is 0. The topological polar surface area (TPSA) is 20.2 Å². The van der Waals surface area contributed by atoms with Crippen LogP contribution < -0.4 is 0 Å². The van der Waals surface area contributed by atoms with Crippen molar-refractivity contribution < 1.29 is 45.9 Å². The fourth-order valence-electron chi connectivity index (χ4n) is 0. The molecule has 0 radical (unpaired) electrons. The van der Waals surface area contributed by atoms with Gasteiger partial charge in [-0.05, 0) is 6.92 Å². The van der Waals surface area contributed by atoms with Crippen molar-refractivity contribution in [3.8, 4) is 0 Å². The quantitative estimate of drug-likeness (QED) is 0.635. The number of halogens is 1. The van der Waals surface area contributed by atoms with Crippen LogP contribution in [-0.2, 0) is 0 Å². The summed E-state index contributed by atoms with van der Waals surface area (Å²) < 4.78 is 0. The maximum atomic E-state index is 7.57. The van der Waals surface area contributed by atoms with E-state index in [0.717, 1.165) is 0 Å². The van der Waals surface area contributed by atoms with Gasteiger partial charge >= 0.3 is 0 Å². The summed E-state index contributed by atoms with van der Waals surface area (Å²) in [6.07, 6.45) is 0. The van der Waals surface area contributed by atoms with Crippen molar-refractivity contribution in [1.29, 1.82) is 0 Å². The zero-order chi connectivity index (χ0) is 2.71. The maximum Gasteiger partial charge on any atom is 0.0402 e. The van der Waals surface area contributed by atoms with Crippen molar-refractivity contribution in [1.82, 2.24) is 0 Å². The summed E-state index contributed by atoms with van der Waals surface area (Å²) in [6, 6.07) is 0. The van der Waals surface area contributed by atoms with Crippen molar-refractivity contribution in [2.24, 2.45) is 0 Å². The Balaban J connectivity index is -0.0000000200. The van der Waals surface area contributed by atoms with Crippen LogP contribution in [0.3, 0.4) is 0 Å². The summed E-state index contributed by atoms with van der Waals surface area (Å²) in [5.41, 5.74) is 0. The summed E-state index contributed by atoms with van der Waals surface area (Å²) in [6.45, 7) is 1.93. The smallest absolute Gasteiger partial charge is 0.0402 e. The minimum atomic E-state index is 0. The van der Waals surface area contributed by atoms with Gasteiger partial charge in [0.2, 0.25) is 0 Å². The number of hydrogen-bond acceptors (Lipinski definition) is 1. The molecule has 1 nitrogen and oxygen atoms in total. The van der Waals surface area contributed by atoms with E-state index in [0.29, 0.717) is 0 Å².